The molecule has 3 aromatic rings. The summed E-state index contributed by atoms with van der Waals surface area (Å²) in [5.41, 5.74) is 0. The maximum atomic E-state index is 5.29. The van der Waals surface area contributed by atoms with E-state index in [1.165, 1.54) is 11.8 Å². The molecule has 1 N–H and O–H groups in total. The summed E-state index contributed by atoms with van der Waals surface area (Å²) < 4.78 is 5.29. The average Bonchev–Trinajstić information content (AvgIpc) is 3.08. The number of H-pyrrole nitrogens is 1. The van der Waals surface area contributed by atoms with Crippen LogP contribution in [0.5, 0.6) is 0 Å². The normalized spacial score (nSPS) is 12.7. The highest BCUT2D eigenvalue weighted by atomic mass is 32.2. The van der Waals surface area contributed by atoms with E-state index in [-0.39, 0.29) is 5.25 Å². The lowest BCUT2D eigenvalue weighted by Gasteiger charge is -2.00. The maximum Gasteiger partial charge on any atom is 0.240 e. The van der Waals surface area contributed by atoms with Crippen LogP contribution in [-0.2, 0) is 0 Å². The number of hydrogen-bond acceptors (Lipinski definition) is 7. The van der Waals surface area contributed by atoms with Crippen molar-refractivity contribution in [2.24, 2.45) is 0 Å². The van der Waals surface area contributed by atoms with Crippen LogP contribution in [0.2, 0.25) is 0 Å². The summed E-state index contributed by atoms with van der Waals surface area (Å²) in [5.74, 6) is 2.00. The van der Waals surface area contributed by atoms with Gasteiger partial charge in [0.25, 0.3) is 0 Å². The van der Waals surface area contributed by atoms with Crippen LogP contribution in [-0.4, -0.2) is 25.3 Å². The van der Waals surface area contributed by atoms with Crippen LogP contribution in [0.3, 0.4) is 0 Å². The summed E-state index contributed by atoms with van der Waals surface area (Å²) in [7, 11) is 0. The molecule has 0 unspecified atom stereocenters. The van der Waals surface area contributed by atoms with Gasteiger partial charge in [-0.15, -0.1) is 16.4 Å². The van der Waals surface area contributed by atoms with Gasteiger partial charge in [-0.2, -0.15) is 4.98 Å². The van der Waals surface area contributed by atoms with Crippen LogP contribution in [0.25, 0.3) is 10.7 Å². The Bertz CT molecular complexity index is 660. The van der Waals surface area contributed by atoms with E-state index in [0.717, 1.165) is 10.7 Å². The number of nitrogens with zero attached hydrogens (tertiary/aromatic N) is 4. The Kier molecular flexibility index (Phi) is 3.34. The molecule has 0 bridgehead atoms. The number of thiophene rings is 1. The molecule has 3 aromatic heterocycles. The van der Waals surface area contributed by atoms with Crippen molar-refractivity contribution < 1.29 is 4.52 Å². The number of aromatic amines is 1. The second kappa shape index (κ2) is 5.14. The van der Waals surface area contributed by atoms with Crippen LogP contribution in [0.15, 0.2) is 27.2 Å². The highest BCUT2D eigenvalue weighted by molar-refractivity contribution is 7.99. The molecular formula is C11H11N5OS2. The molecule has 0 amide bonds. The van der Waals surface area contributed by atoms with Crippen molar-refractivity contribution in [1.29, 1.82) is 0 Å². The summed E-state index contributed by atoms with van der Waals surface area (Å²) in [6, 6.07) is 3.93. The largest absolute Gasteiger partial charge is 0.338 e. The number of aromatic nitrogens is 5. The first-order valence-electron chi connectivity index (χ1n) is 5.65. The summed E-state index contributed by atoms with van der Waals surface area (Å²) in [6.07, 6.45) is 0. The van der Waals surface area contributed by atoms with Crippen molar-refractivity contribution >= 4 is 23.1 Å². The Morgan fingerprint density at radius 2 is 2.32 bits per heavy atom. The van der Waals surface area contributed by atoms with E-state index in [1.54, 1.807) is 11.3 Å². The van der Waals surface area contributed by atoms with Crippen molar-refractivity contribution in [2.45, 2.75) is 24.3 Å². The van der Waals surface area contributed by atoms with E-state index in [2.05, 4.69) is 25.3 Å². The van der Waals surface area contributed by atoms with E-state index in [0.29, 0.717) is 16.9 Å². The van der Waals surface area contributed by atoms with Crippen molar-refractivity contribution in [3.05, 3.63) is 29.2 Å². The van der Waals surface area contributed by atoms with Crippen molar-refractivity contribution in [1.82, 2.24) is 25.3 Å². The third kappa shape index (κ3) is 2.69. The molecule has 0 aliphatic heterocycles. The lowest BCUT2D eigenvalue weighted by Crippen LogP contribution is -1.89. The molecule has 0 aromatic carbocycles. The third-order valence-corrected chi connectivity index (χ3v) is 4.20. The van der Waals surface area contributed by atoms with Crippen LogP contribution < -0.4 is 0 Å². The van der Waals surface area contributed by atoms with E-state index in [1.807, 2.05) is 31.4 Å². The number of thioether (sulfide) groups is 1. The molecule has 0 aliphatic carbocycles. The van der Waals surface area contributed by atoms with Crippen molar-refractivity contribution in [3.8, 4) is 10.7 Å². The molecule has 98 valence electrons. The van der Waals surface area contributed by atoms with Gasteiger partial charge in [-0.3, -0.25) is 5.10 Å². The molecule has 8 heteroatoms. The van der Waals surface area contributed by atoms with Crippen molar-refractivity contribution in [3.63, 3.8) is 0 Å². The molecule has 3 heterocycles. The second-order valence-corrected chi connectivity index (χ2v) is 6.15. The minimum atomic E-state index is 0.0106. The highest BCUT2D eigenvalue weighted by Gasteiger charge is 2.18. The van der Waals surface area contributed by atoms with Crippen LogP contribution >= 0.6 is 23.1 Å². The molecule has 0 radical (unpaired) electrons. The molecule has 0 spiro atoms. The fourth-order valence-electron chi connectivity index (χ4n) is 1.49. The number of aryl methyl sites for hydroxylation is 1. The minimum Gasteiger partial charge on any atom is -0.338 e. The Morgan fingerprint density at radius 3 is 3.00 bits per heavy atom. The molecule has 0 fully saturated rings. The van der Waals surface area contributed by atoms with Gasteiger partial charge in [0.15, 0.2) is 0 Å². The second-order valence-electron chi connectivity index (χ2n) is 3.90. The average molecular weight is 293 g/mol. The number of nitrogens with one attached hydrogen (secondary N) is 1. The molecule has 1 atom stereocenters. The summed E-state index contributed by atoms with van der Waals surface area (Å²) in [4.78, 5) is 9.64. The lowest BCUT2D eigenvalue weighted by molar-refractivity contribution is 0.381. The molecule has 0 saturated heterocycles. The highest BCUT2D eigenvalue weighted by Crippen LogP contribution is 2.33. The van der Waals surface area contributed by atoms with E-state index >= 15 is 0 Å². The van der Waals surface area contributed by atoms with Gasteiger partial charge < -0.3 is 4.52 Å². The van der Waals surface area contributed by atoms with Gasteiger partial charge in [0, 0.05) is 0 Å². The van der Waals surface area contributed by atoms with Crippen LogP contribution in [0, 0.1) is 6.92 Å². The van der Waals surface area contributed by atoms with Gasteiger partial charge in [-0.05, 0) is 25.3 Å². The first kappa shape index (κ1) is 12.4. The van der Waals surface area contributed by atoms with Gasteiger partial charge in [0.1, 0.15) is 5.82 Å². The first-order chi connectivity index (χ1) is 9.22. The quantitative estimate of drug-likeness (QED) is 0.744. The van der Waals surface area contributed by atoms with Gasteiger partial charge in [-0.1, -0.05) is 23.0 Å². The minimum absolute atomic E-state index is 0.0106. The number of hydrogen-bond donors (Lipinski definition) is 1. The van der Waals surface area contributed by atoms with Gasteiger partial charge in [0.2, 0.25) is 16.9 Å². The zero-order valence-electron chi connectivity index (χ0n) is 10.3. The van der Waals surface area contributed by atoms with Gasteiger partial charge in [0.05, 0.1) is 10.1 Å². The zero-order chi connectivity index (χ0) is 13.2. The third-order valence-electron chi connectivity index (χ3n) is 2.39. The fraction of sp³-hybridized carbons (Fsp3) is 0.273. The van der Waals surface area contributed by atoms with Gasteiger partial charge in [-0.25, -0.2) is 4.98 Å². The standard InChI is InChI=1S/C11H11N5OS2/c1-6(19-11-12-7(2)14-15-11)10-13-9(16-17-10)8-4-3-5-18-8/h3-6H,1-2H3,(H,12,14,15)/t6-/m1/s1. The van der Waals surface area contributed by atoms with E-state index in [4.69, 9.17) is 4.52 Å². The van der Waals surface area contributed by atoms with Crippen LogP contribution in [0.1, 0.15) is 23.9 Å². The molecule has 3 rings (SSSR count). The van der Waals surface area contributed by atoms with E-state index in [9.17, 15) is 0 Å². The summed E-state index contributed by atoms with van der Waals surface area (Å²) in [6.45, 7) is 3.85. The molecular weight excluding hydrogens is 282 g/mol. The lowest BCUT2D eigenvalue weighted by atomic mass is 10.4. The van der Waals surface area contributed by atoms with Crippen LogP contribution in [0.4, 0.5) is 0 Å². The van der Waals surface area contributed by atoms with Crippen molar-refractivity contribution in [2.75, 3.05) is 0 Å². The Balaban J connectivity index is 1.75. The Morgan fingerprint density at radius 1 is 1.42 bits per heavy atom. The zero-order valence-corrected chi connectivity index (χ0v) is 12.0. The predicted molar refractivity (Wildman–Crippen MR) is 73.0 cm³/mol. The molecule has 19 heavy (non-hydrogen) atoms. The number of rotatable bonds is 4. The SMILES string of the molecule is Cc1nc(S[C@H](C)c2nc(-c3cccs3)no2)n[nH]1. The summed E-state index contributed by atoms with van der Waals surface area (Å²) in [5, 5.41) is 13.6. The smallest absolute Gasteiger partial charge is 0.240 e. The molecule has 6 nitrogen and oxygen atoms in total. The monoisotopic (exact) mass is 293 g/mol. The molecule has 0 aliphatic rings. The topological polar surface area (TPSA) is 80.5 Å². The fourth-order valence-corrected chi connectivity index (χ4v) is 2.94. The Labute approximate surface area is 117 Å². The van der Waals surface area contributed by atoms with E-state index < -0.39 is 0 Å². The maximum absolute atomic E-state index is 5.29. The molecule has 0 saturated carbocycles. The summed E-state index contributed by atoms with van der Waals surface area (Å²) >= 11 is 3.07. The van der Waals surface area contributed by atoms with Gasteiger partial charge >= 0.3 is 0 Å². The predicted octanol–water partition coefficient (Wildman–Crippen LogP) is 3.08. The first-order valence-corrected chi connectivity index (χ1v) is 7.41. The Hall–Kier alpha value is -1.67.